The van der Waals surface area contributed by atoms with Crippen LogP contribution in [-0.4, -0.2) is 29.7 Å². The minimum absolute atomic E-state index is 0. The third kappa shape index (κ3) is 5.20. The van der Waals surface area contributed by atoms with Gasteiger partial charge in [-0.1, -0.05) is 48.7 Å². The molecule has 9 heteroatoms. The van der Waals surface area contributed by atoms with Crippen molar-refractivity contribution in [3.8, 4) is 0 Å². The van der Waals surface area contributed by atoms with Crippen LogP contribution in [0.5, 0.6) is 0 Å². The predicted molar refractivity (Wildman–Crippen MR) is 130 cm³/mol. The number of nitrogens with one attached hydrogen (secondary N) is 1. The van der Waals surface area contributed by atoms with E-state index in [1.54, 1.807) is 35.3 Å². The number of benzene rings is 2. The second-order valence-corrected chi connectivity index (χ2v) is 8.77. The van der Waals surface area contributed by atoms with Crippen LogP contribution in [0.3, 0.4) is 0 Å². The van der Waals surface area contributed by atoms with Crippen molar-refractivity contribution in [3.63, 3.8) is 0 Å². The molecule has 0 bridgehead atoms. The fraction of sp³-hybridized carbons (Fsp3) is 0.391. The van der Waals surface area contributed by atoms with Gasteiger partial charge in [-0.15, -0.1) is 12.4 Å². The van der Waals surface area contributed by atoms with E-state index in [0.29, 0.717) is 27.9 Å². The Kier molecular flexibility index (Phi) is 8.39. The molecular formula is C23H26Cl3FN4O. The van der Waals surface area contributed by atoms with Crippen molar-refractivity contribution in [2.24, 2.45) is 11.0 Å². The lowest BCUT2D eigenvalue weighted by molar-refractivity contribution is -0.120. The summed E-state index contributed by atoms with van der Waals surface area (Å²) in [6, 6.07) is 11.2. The number of nitrogens with zero attached hydrogens (tertiary/aromatic N) is 3. The number of hydrazone groups is 1. The molecule has 2 aliphatic rings. The molecule has 0 saturated carbocycles. The molecule has 172 valence electrons. The fourth-order valence-corrected chi connectivity index (χ4v) is 4.81. The Morgan fingerprint density at radius 3 is 2.44 bits per heavy atom. The minimum atomic E-state index is -0.310. The molecule has 2 aliphatic heterocycles. The van der Waals surface area contributed by atoms with E-state index in [2.05, 4.69) is 5.43 Å². The van der Waals surface area contributed by atoms with Crippen molar-refractivity contribution in [1.82, 2.24) is 10.4 Å². The molecule has 1 saturated heterocycles. The normalized spacial score (nSPS) is 21.1. The van der Waals surface area contributed by atoms with Crippen molar-refractivity contribution < 1.29 is 9.18 Å². The van der Waals surface area contributed by atoms with Crippen molar-refractivity contribution in [2.75, 3.05) is 18.1 Å². The number of rotatable bonds is 5. The van der Waals surface area contributed by atoms with Gasteiger partial charge in [0.1, 0.15) is 11.5 Å². The van der Waals surface area contributed by atoms with E-state index in [0.717, 1.165) is 31.5 Å². The smallest absolute Gasteiger partial charge is 0.282 e. The van der Waals surface area contributed by atoms with E-state index in [-0.39, 0.29) is 36.1 Å². The number of carbonyl (C=O) groups excluding carboxylic acids is 1. The molecule has 0 aliphatic carbocycles. The summed E-state index contributed by atoms with van der Waals surface area (Å²) >= 11 is 12.6. The zero-order valence-corrected chi connectivity index (χ0v) is 20.1. The van der Waals surface area contributed by atoms with Crippen LogP contribution < -0.4 is 10.4 Å². The van der Waals surface area contributed by atoms with Gasteiger partial charge in [0.05, 0.1) is 16.8 Å². The van der Waals surface area contributed by atoms with Crippen LogP contribution in [0.15, 0.2) is 47.6 Å². The standard InChI is InChI=1S/C23H25Cl2FN4O.ClH/c1-2-18-21(23(31)28-29-12-4-3-5-13-29)27-30(20-11-8-16(24)14-19(20)25)22(18)15-6-9-17(26)10-7-15;/h6-11,14,18,22H,2-5,12-13H2,1H3,(H,28,31);1H/t18-,22-;/m0./s1. The molecule has 4 rings (SSSR count). The first-order chi connectivity index (χ1) is 15.0. The van der Waals surface area contributed by atoms with Gasteiger partial charge >= 0.3 is 0 Å². The summed E-state index contributed by atoms with van der Waals surface area (Å²) in [7, 11) is 0. The predicted octanol–water partition coefficient (Wildman–Crippen LogP) is 6.01. The van der Waals surface area contributed by atoms with Crippen LogP contribution in [-0.2, 0) is 4.79 Å². The number of hydrogen-bond acceptors (Lipinski definition) is 4. The lowest BCUT2D eigenvalue weighted by Crippen LogP contribution is -2.48. The Labute approximate surface area is 203 Å². The quantitative estimate of drug-likeness (QED) is 0.548. The van der Waals surface area contributed by atoms with Gasteiger partial charge < -0.3 is 0 Å². The average Bonchev–Trinajstić information content (AvgIpc) is 3.14. The van der Waals surface area contributed by atoms with Gasteiger partial charge in [-0.05, 0) is 55.2 Å². The van der Waals surface area contributed by atoms with Crippen LogP contribution in [0, 0.1) is 11.7 Å². The Balaban J connectivity index is 0.00000289. The van der Waals surface area contributed by atoms with Gasteiger partial charge in [0.15, 0.2) is 0 Å². The van der Waals surface area contributed by atoms with Gasteiger partial charge in [0, 0.05) is 24.0 Å². The van der Waals surface area contributed by atoms with E-state index >= 15 is 0 Å². The first kappa shape index (κ1) is 24.8. The molecule has 0 unspecified atom stereocenters. The highest BCUT2D eigenvalue weighted by Crippen LogP contribution is 2.43. The van der Waals surface area contributed by atoms with Crippen LogP contribution >= 0.6 is 35.6 Å². The molecule has 5 nitrogen and oxygen atoms in total. The van der Waals surface area contributed by atoms with Crippen molar-refractivity contribution in [1.29, 1.82) is 0 Å². The zero-order chi connectivity index (χ0) is 22.0. The highest BCUT2D eigenvalue weighted by molar-refractivity contribution is 6.41. The number of amides is 1. The first-order valence-electron chi connectivity index (χ1n) is 10.6. The number of anilines is 1. The summed E-state index contributed by atoms with van der Waals surface area (Å²) in [5.74, 6) is -0.690. The molecule has 1 amide bonds. The van der Waals surface area contributed by atoms with E-state index < -0.39 is 0 Å². The maximum atomic E-state index is 13.6. The highest BCUT2D eigenvalue weighted by Gasteiger charge is 2.42. The highest BCUT2D eigenvalue weighted by atomic mass is 35.5. The number of hydrogen-bond donors (Lipinski definition) is 1. The number of hydrazine groups is 1. The molecule has 0 radical (unpaired) electrons. The fourth-order valence-electron chi connectivity index (χ4n) is 4.31. The van der Waals surface area contributed by atoms with Gasteiger partial charge in [-0.2, -0.15) is 5.10 Å². The molecule has 1 fully saturated rings. The van der Waals surface area contributed by atoms with Crippen LogP contribution in [0.2, 0.25) is 10.0 Å². The third-order valence-electron chi connectivity index (χ3n) is 5.87. The van der Waals surface area contributed by atoms with E-state index in [9.17, 15) is 9.18 Å². The molecule has 0 spiro atoms. The lowest BCUT2D eigenvalue weighted by Gasteiger charge is -2.29. The number of halogens is 4. The van der Waals surface area contributed by atoms with E-state index in [4.69, 9.17) is 28.3 Å². The molecule has 2 aromatic carbocycles. The largest absolute Gasteiger partial charge is 0.284 e. The Bertz CT molecular complexity index is 980. The summed E-state index contributed by atoms with van der Waals surface area (Å²) < 4.78 is 13.6. The maximum absolute atomic E-state index is 13.6. The molecule has 2 aromatic rings. The monoisotopic (exact) mass is 498 g/mol. The molecule has 1 N–H and O–H groups in total. The topological polar surface area (TPSA) is 47.9 Å². The van der Waals surface area contributed by atoms with Gasteiger partial charge in [-0.25, -0.2) is 9.40 Å². The van der Waals surface area contributed by atoms with Crippen LogP contribution in [0.4, 0.5) is 10.1 Å². The van der Waals surface area contributed by atoms with Gasteiger partial charge in [-0.3, -0.25) is 15.2 Å². The maximum Gasteiger partial charge on any atom is 0.282 e. The molecular weight excluding hydrogens is 474 g/mol. The van der Waals surface area contributed by atoms with Crippen molar-refractivity contribution in [3.05, 3.63) is 63.9 Å². The first-order valence-corrected chi connectivity index (χ1v) is 11.4. The van der Waals surface area contributed by atoms with Crippen LogP contribution in [0.25, 0.3) is 0 Å². The van der Waals surface area contributed by atoms with Gasteiger partial charge in [0.25, 0.3) is 5.91 Å². The summed E-state index contributed by atoms with van der Waals surface area (Å²) in [5, 5.41) is 9.43. The zero-order valence-electron chi connectivity index (χ0n) is 17.7. The Hall–Kier alpha value is -1.86. The Morgan fingerprint density at radius 2 is 1.81 bits per heavy atom. The molecule has 0 aromatic heterocycles. The van der Waals surface area contributed by atoms with Crippen molar-refractivity contribution >= 4 is 52.9 Å². The Morgan fingerprint density at radius 1 is 1.12 bits per heavy atom. The van der Waals surface area contributed by atoms with E-state index in [1.165, 1.54) is 18.6 Å². The van der Waals surface area contributed by atoms with Crippen LogP contribution in [0.1, 0.15) is 44.2 Å². The number of carbonyl (C=O) groups is 1. The lowest BCUT2D eigenvalue weighted by atomic mass is 9.87. The summed E-state index contributed by atoms with van der Waals surface area (Å²) in [6.45, 7) is 3.70. The van der Waals surface area contributed by atoms with Gasteiger partial charge in [0.2, 0.25) is 0 Å². The van der Waals surface area contributed by atoms with Crippen molar-refractivity contribution in [2.45, 2.75) is 38.6 Å². The number of piperidine rings is 1. The second-order valence-electron chi connectivity index (χ2n) is 7.93. The third-order valence-corrected chi connectivity index (χ3v) is 6.41. The van der Waals surface area contributed by atoms with E-state index in [1.807, 2.05) is 11.9 Å². The summed E-state index contributed by atoms with van der Waals surface area (Å²) in [5.41, 5.74) is 4.99. The molecule has 32 heavy (non-hydrogen) atoms. The second kappa shape index (κ2) is 10.8. The minimum Gasteiger partial charge on any atom is -0.284 e. The SMILES string of the molecule is CC[C@H]1C(C(=O)NN2CCCCC2)=NN(c2ccc(Cl)cc2Cl)[C@H]1c1ccc(F)cc1.Cl. The summed E-state index contributed by atoms with van der Waals surface area (Å²) in [4.78, 5) is 13.2. The summed E-state index contributed by atoms with van der Waals surface area (Å²) in [6.07, 6.45) is 4.00. The molecule has 2 heterocycles. The molecule has 2 atom stereocenters. The average molecular weight is 500 g/mol.